The molecule has 0 fully saturated rings. The Kier molecular flexibility index (Phi) is 1.97. The highest BCUT2D eigenvalue weighted by Crippen LogP contribution is 2.18. The molecule has 0 bridgehead atoms. The Balaban J connectivity index is 3.17. The second-order valence-electron chi connectivity index (χ2n) is 1.78. The Bertz CT molecular complexity index is 269. The Hall–Kier alpha value is -0.540. The molecule has 1 aromatic heterocycles. The van der Waals surface area contributed by atoms with Gasteiger partial charge in [-0.05, 0) is 18.5 Å². The van der Waals surface area contributed by atoms with Gasteiger partial charge >= 0.3 is 0 Å². The number of rotatable bonds is 1. The number of nitrogens with one attached hydrogen (secondary N) is 1. The molecule has 1 heterocycles. The summed E-state index contributed by atoms with van der Waals surface area (Å²) < 4.78 is 0. The van der Waals surface area contributed by atoms with E-state index in [0.29, 0.717) is 10.7 Å². The molecule has 0 atom stereocenters. The van der Waals surface area contributed by atoms with Crippen LogP contribution in [-0.2, 0) is 0 Å². The molecule has 10 heavy (non-hydrogen) atoms. The van der Waals surface area contributed by atoms with Crippen molar-refractivity contribution >= 4 is 28.4 Å². The molecule has 0 unspecified atom stereocenters. The molecule has 3 nitrogen and oxygen atoms in total. The maximum absolute atomic E-state index is 10.5. The summed E-state index contributed by atoms with van der Waals surface area (Å²) in [6, 6.07) is 0. The molecule has 5 heteroatoms. The third-order valence-electron chi connectivity index (χ3n) is 1.06. The Morgan fingerprint density at radius 3 is 2.50 bits per heavy atom. The van der Waals surface area contributed by atoms with Crippen molar-refractivity contribution in [3.8, 4) is 0 Å². The molecular weight excluding hydrogens is 175 g/mol. The van der Waals surface area contributed by atoms with Crippen LogP contribution in [-0.4, -0.2) is 15.4 Å². The topological polar surface area (TPSA) is 45.8 Å². The molecule has 0 aliphatic carbocycles. The van der Waals surface area contributed by atoms with Crippen LogP contribution in [0.2, 0.25) is 5.02 Å². The first-order valence-electron chi connectivity index (χ1n) is 2.53. The van der Waals surface area contributed by atoms with Gasteiger partial charge in [0.1, 0.15) is 0 Å². The minimum absolute atomic E-state index is 0.0841. The van der Waals surface area contributed by atoms with Crippen molar-refractivity contribution in [3.63, 3.8) is 0 Å². The van der Waals surface area contributed by atoms with Gasteiger partial charge in [-0.15, -0.1) is 0 Å². The number of nitrogens with zero attached hydrogens (tertiary/aromatic N) is 1. The Labute approximate surface area is 67.3 Å². The summed E-state index contributed by atoms with van der Waals surface area (Å²) in [5.41, 5.74) is 0.728. The van der Waals surface area contributed by atoms with Crippen LogP contribution in [0.1, 0.15) is 16.2 Å². The second-order valence-corrected chi connectivity index (χ2v) is 2.51. The van der Waals surface area contributed by atoms with Crippen molar-refractivity contribution in [2.75, 3.05) is 0 Å². The normalized spacial score (nSPS) is 9.90. The van der Waals surface area contributed by atoms with Crippen molar-refractivity contribution in [2.45, 2.75) is 6.92 Å². The summed E-state index contributed by atoms with van der Waals surface area (Å²) in [6.45, 7) is 1.71. The lowest BCUT2D eigenvalue weighted by Gasteiger charge is -1.83. The lowest BCUT2D eigenvalue weighted by Crippen LogP contribution is -1.88. The van der Waals surface area contributed by atoms with E-state index in [1.807, 2.05) is 0 Å². The van der Waals surface area contributed by atoms with E-state index < -0.39 is 5.24 Å². The standard InChI is InChI=1S/C5H4Cl2N2O/c1-2-3(6)4(5(7)10)9-8-2/h1H3,(H,8,9). The molecule has 0 radical (unpaired) electrons. The minimum atomic E-state index is -0.644. The van der Waals surface area contributed by atoms with Crippen molar-refractivity contribution in [1.82, 2.24) is 10.2 Å². The van der Waals surface area contributed by atoms with Crippen LogP contribution >= 0.6 is 23.2 Å². The molecule has 0 aliphatic rings. The molecule has 1 rings (SSSR count). The van der Waals surface area contributed by atoms with E-state index >= 15 is 0 Å². The average Bonchev–Trinajstić information content (AvgIpc) is 2.14. The number of aromatic amines is 1. The average molecular weight is 179 g/mol. The molecule has 54 valence electrons. The van der Waals surface area contributed by atoms with Crippen LogP contribution in [0, 0.1) is 6.92 Å². The molecule has 0 saturated heterocycles. The van der Waals surface area contributed by atoms with Crippen molar-refractivity contribution in [1.29, 1.82) is 0 Å². The molecule has 1 N–H and O–H groups in total. The van der Waals surface area contributed by atoms with Gasteiger partial charge in [-0.3, -0.25) is 9.89 Å². The van der Waals surface area contributed by atoms with Crippen molar-refractivity contribution in [2.24, 2.45) is 0 Å². The fourth-order valence-corrected chi connectivity index (χ4v) is 0.901. The number of aryl methyl sites for hydroxylation is 1. The zero-order valence-corrected chi connectivity index (χ0v) is 6.62. The zero-order chi connectivity index (χ0) is 7.72. The van der Waals surface area contributed by atoms with Crippen LogP contribution in [0.3, 0.4) is 0 Å². The Morgan fingerprint density at radius 2 is 2.30 bits per heavy atom. The van der Waals surface area contributed by atoms with Gasteiger partial charge < -0.3 is 0 Å². The predicted octanol–water partition coefficient (Wildman–Crippen LogP) is 1.75. The van der Waals surface area contributed by atoms with Gasteiger partial charge in [0.15, 0.2) is 5.69 Å². The highest BCUT2D eigenvalue weighted by Gasteiger charge is 2.12. The van der Waals surface area contributed by atoms with E-state index in [0.717, 1.165) is 0 Å². The summed E-state index contributed by atoms with van der Waals surface area (Å²) in [4.78, 5) is 10.5. The van der Waals surface area contributed by atoms with E-state index in [-0.39, 0.29) is 5.69 Å². The first-order valence-corrected chi connectivity index (χ1v) is 3.29. The number of halogens is 2. The van der Waals surface area contributed by atoms with Gasteiger partial charge in [-0.2, -0.15) is 5.10 Å². The van der Waals surface area contributed by atoms with E-state index in [1.54, 1.807) is 6.92 Å². The Morgan fingerprint density at radius 1 is 1.70 bits per heavy atom. The summed E-state index contributed by atoms with van der Waals surface area (Å²) in [6.07, 6.45) is 0. The molecule has 1 aromatic rings. The summed E-state index contributed by atoms with van der Waals surface area (Å²) in [7, 11) is 0. The quantitative estimate of drug-likeness (QED) is 0.667. The number of hydrogen-bond acceptors (Lipinski definition) is 2. The minimum Gasteiger partial charge on any atom is -0.281 e. The van der Waals surface area contributed by atoms with Gasteiger partial charge in [0.05, 0.1) is 10.7 Å². The number of aromatic nitrogens is 2. The molecule has 0 saturated carbocycles. The SMILES string of the molecule is Cc1[nH]nc(C(=O)Cl)c1Cl. The molecule has 0 spiro atoms. The maximum atomic E-state index is 10.5. The van der Waals surface area contributed by atoms with Gasteiger partial charge in [-0.1, -0.05) is 11.6 Å². The molecule has 0 aliphatic heterocycles. The molecule has 0 aromatic carbocycles. The lowest BCUT2D eigenvalue weighted by molar-refractivity contribution is 0.107. The third-order valence-corrected chi connectivity index (χ3v) is 1.70. The summed E-state index contributed by atoms with van der Waals surface area (Å²) in [5.74, 6) is 0. The van der Waals surface area contributed by atoms with E-state index in [4.69, 9.17) is 23.2 Å². The fourth-order valence-electron chi connectivity index (χ4n) is 0.546. The van der Waals surface area contributed by atoms with Crippen molar-refractivity contribution in [3.05, 3.63) is 16.4 Å². The van der Waals surface area contributed by atoms with Crippen LogP contribution in [0.4, 0.5) is 0 Å². The van der Waals surface area contributed by atoms with Gasteiger partial charge in [0, 0.05) is 0 Å². The largest absolute Gasteiger partial charge is 0.281 e. The van der Waals surface area contributed by atoms with Crippen LogP contribution in [0.5, 0.6) is 0 Å². The van der Waals surface area contributed by atoms with Gasteiger partial charge in [0.25, 0.3) is 5.24 Å². The maximum Gasteiger partial charge on any atom is 0.274 e. The predicted molar refractivity (Wildman–Crippen MR) is 38.5 cm³/mol. The number of carbonyl (C=O) groups is 1. The zero-order valence-electron chi connectivity index (χ0n) is 5.11. The van der Waals surface area contributed by atoms with Gasteiger partial charge in [-0.25, -0.2) is 0 Å². The third kappa shape index (κ3) is 1.15. The summed E-state index contributed by atoms with van der Waals surface area (Å²) in [5, 5.41) is 5.75. The van der Waals surface area contributed by atoms with Crippen LogP contribution in [0.25, 0.3) is 0 Å². The lowest BCUT2D eigenvalue weighted by atomic mass is 10.4. The second kappa shape index (κ2) is 2.60. The number of carbonyl (C=O) groups excluding carboxylic acids is 1. The first kappa shape index (κ1) is 7.57. The highest BCUT2D eigenvalue weighted by molar-refractivity contribution is 6.68. The van der Waals surface area contributed by atoms with Crippen LogP contribution < -0.4 is 0 Å². The number of hydrogen-bond donors (Lipinski definition) is 1. The van der Waals surface area contributed by atoms with Crippen LogP contribution in [0.15, 0.2) is 0 Å². The summed E-state index contributed by atoms with van der Waals surface area (Å²) >= 11 is 10.7. The van der Waals surface area contributed by atoms with Crippen molar-refractivity contribution < 1.29 is 4.79 Å². The number of H-pyrrole nitrogens is 1. The van der Waals surface area contributed by atoms with E-state index in [9.17, 15) is 4.79 Å². The van der Waals surface area contributed by atoms with E-state index in [2.05, 4.69) is 10.2 Å². The first-order chi connectivity index (χ1) is 4.63. The molecule has 0 amide bonds. The monoisotopic (exact) mass is 178 g/mol. The van der Waals surface area contributed by atoms with Gasteiger partial charge in [0.2, 0.25) is 0 Å². The smallest absolute Gasteiger partial charge is 0.274 e. The fraction of sp³-hybridized carbons (Fsp3) is 0.200. The van der Waals surface area contributed by atoms with E-state index in [1.165, 1.54) is 0 Å². The highest BCUT2D eigenvalue weighted by atomic mass is 35.5. The molecular formula is C5H4Cl2N2O.